The summed E-state index contributed by atoms with van der Waals surface area (Å²) in [6.45, 7) is 3.89. The number of nitrogens with zero attached hydrogens (tertiary/aromatic N) is 1. The molecule has 0 bridgehead atoms. The number of halogens is 1. The number of hydrogen-bond donors (Lipinski definition) is 0. The normalized spacial score (nSPS) is 10.3. The molecule has 2 aromatic rings. The molecule has 0 amide bonds. The van der Waals surface area contributed by atoms with Crippen LogP contribution in [-0.2, 0) is 0 Å². The number of aldehydes is 1. The Morgan fingerprint density at radius 3 is 2.59 bits per heavy atom. The van der Waals surface area contributed by atoms with E-state index in [1.54, 1.807) is 12.4 Å². The topological polar surface area (TPSA) is 30.0 Å². The van der Waals surface area contributed by atoms with Crippen LogP contribution in [0.1, 0.15) is 21.5 Å². The van der Waals surface area contributed by atoms with Crippen LogP contribution in [-0.4, -0.2) is 11.3 Å². The van der Waals surface area contributed by atoms with Crippen LogP contribution in [0.5, 0.6) is 0 Å². The quantitative estimate of drug-likeness (QED) is 0.753. The van der Waals surface area contributed by atoms with E-state index in [2.05, 4.69) is 4.98 Å². The van der Waals surface area contributed by atoms with Crippen LogP contribution in [0.25, 0.3) is 11.1 Å². The zero-order chi connectivity index (χ0) is 12.4. The molecule has 1 heterocycles. The van der Waals surface area contributed by atoms with Gasteiger partial charge in [-0.3, -0.25) is 9.78 Å². The molecule has 0 aliphatic carbocycles. The Hall–Kier alpha value is -1.67. The van der Waals surface area contributed by atoms with Gasteiger partial charge >= 0.3 is 0 Å². The predicted octanol–water partition coefficient (Wildman–Crippen LogP) is 3.83. The highest BCUT2D eigenvalue weighted by Crippen LogP contribution is 2.30. The molecule has 0 radical (unpaired) electrons. The molecule has 0 fully saturated rings. The molecule has 3 heteroatoms. The maximum atomic E-state index is 10.9. The predicted molar refractivity (Wildman–Crippen MR) is 69.5 cm³/mol. The third kappa shape index (κ3) is 2.22. The molecule has 0 saturated carbocycles. The van der Waals surface area contributed by atoms with Gasteiger partial charge in [0, 0.05) is 23.5 Å². The van der Waals surface area contributed by atoms with Crippen molar-refractivity contribution in [3.05, 3.63) is 52.3 Å². The zero-order valence-electron chi connectivity index (χ0n) is 9.70. The van der Waals surface area contributed by atoms with E-state index < -0.39 is 0 Å². The van der Waals surface area contributed by atoms with Gasteiger partial charge in [-0.15, -0.1) is 0 Å². The van der Waals surface area contributed by atoms with Gasteiger partial charge in [-0.05, 0) is 42.7 Å². The summed E-state index contributed by atoms with van der Waals surface area (Å²) < 4.78 is 0. The average Bonchev–Trinajstić information content (AvgIpc) is 2.32. The fourth-order valence-electron chi connectivity index (χ4n) is 1.85. The lowest BCUT2D eigenvalue weighted by atomic mass is 9.96. The Balaban J connectivity index is 2.65. The van der Waals surface area contributed by atoms with Crippen LogP contribution >= 0.6 is 11.6 Å². The Kier molecular flexibility index (Phi) is 3.25. The van der Waals surface area contributed by atoms with Crippen molar-refractivity contribution in [3.8, 4) is 11.1 Å². The van der Waals surface area contributed by atoms with E-state index >= 15 is 0 Å². The number of benzene rings is 1. The van der Waals surface area contributed by atoms with E-state index in [0.717, 1.165) is 34.1 Å². The van der Waals surface area contributed by atoms with E-state index in [1.165, 1.54) is 0 Å². The van der Waals surface area contributed by atoms with Gasteiger partial charge in [-0.25, -0.2) is 0 Å². The molecule has 2 nitrogen and oxygen atoms in total. The summed E-state index contributed by atoms with van der Waals surface area (Å²) in [6.07, 6.45) is 4.21. The molecule has 2 rings (SSSR count). The molecule has 0 spiro atoms. The number of carbonyl (C=O) groups excluding carboxylic acids is 1. The monoisotopic (exact) mass is 245 g/mol. The van der Waals surface area contributed by atoms with Gasteiger partial charge in [-0.1, -0.05) is 17.7 Å². The highest BCUT2D eigenvalue weighted by atomic mass is 35.5. The van der Waals surface area contributed by atoms with Crippen LogP contribution in [0.15, 0.2) is 30.6 Å². The Bertz CT molecular complexity index is 578. The van der Waals surface area contributed by atoms with Gasteiger partial charge in [0.15, 0.2) is 0 Å². The van der Waals surface area contributed by atoms with Crippen molar-refractivity contribution in [2.75, 3.05) is 0 Å². The molecule has 0 unspecified atom stereocenters. The minimum Gasteiger partial charge on any atom is -0.298 e. The molecule has 0 atom stereocenters. The Morgan fingerprint density at radius 1 is 1.18 bits per heavy atom. The first-order valence-electron chi connectivity index (χ1n) is 5.30. The van der Waals surface area contributed by atoms with Crippen molar-refractivity contribution in [2.24, 2.45) is 0 Å². The van der Waals surface area contributed by atoms with Crippen molar-refractivity contribution in [1.82, 2.24) is 4.98 Å². The number of aromatic nitrogens is 1. The van der Waals surface area contributed by atoms with Gasteiger partial charge in [-0.2, -0.15) is 0 Å². The summed E-state index contributed by atoms with van der Waals surface area (Å²) in [5.41, 5.74) is 4.69. The molecule has 1 aromatic heterocycles. The SMILES string of the molecule is Cc1cc(-c2ccncc2Cl)c(C)cc1C=O. The van der Waals surface area contributed by atoms with Crippen molar-refractivity contribution >= 4 is 17.9 Å². The Labute approximate surface area is 105 Å². The van der Waals surface area contributed by atoms with E-state index in [-0.39, 0.29) is 0 Å². The first kappa shape index (κ1) is 11.8. The summed E-state index contributed by atoms with van der Waals surface area (Å²) in [5.74, 6) is 0. The van der Waals surface area contributed by atoms with Gasteiger partial charge < -0.3 is 0 Å². The Morgan fingerprint density at radius 2 is 1.94 bits per heavy atom. The third-order valence-electron chi connectivity index (χ3n) is 2.80. The van der Waals surface area contributed by atoms with Crippen molar-refractivity contribution in [3.63, 3.8) is 0 Å². The molecule has 0 N–H and O–H groups in total. The fourth-order valence-corrected chi connectivity index (χ4v) is 2.07. The summed E-state index contributed by atoms with van der Waals surface area (Å²) in [5, 5.41) is 0.619. The second-order valence-electron chi connectivity index (χ2n) is 4.00. The fraction of sp³-hybridized carbons (Fsp3) is 0.143. The van der Waals surface area contributed by atoms with Crippen LogP contribution in [0, 0.1) is 13.8 Å². The number of pyridine rings is 1. The van der Waals surface area contributed by atoms with Crippen LogP contribution in [0.3, 0.4) is 0 Å². The number of aryl methyl sites for hydroxylation is 2. The maximum Gasteiger partial charge on any atom is 0.150 e. The minimum absolute atomic E-state index is 0.619. The van der Waals surface area contributed by atoms with Crippen LogP contribution < -0.4 is 0 Å². The summed E-state index contributed by atoms with van der Waals surface area (Å²) in [4.78, 5) is 14.8. The first-order chi connectivity index (χ1) is 8.13. The third-order valence-corrected chi connectivity index (χ3v) is 3.10. The molecule has 0 saturated heterocycles. The summed E-state index contributed by atoms with van der Waals surface area (Å²) >= 11 is 6.12. The van der Waals surface area contributed by atoms with Crippen LogP contribution in [0.2, 0.25) is 5.02 Å². The lowest BCUT2D eigenvalue weighted by Crippen LogP contribution is -1.92. The van der Waals surface area contributed by atoms with Gasteiger partial charge in [0.1, 0.15) is 6.29 Å². The van der Waals surface area contributed by atoms with Gasteiger partial charge in [0.05, 0.1) is 5.02 Å². The lowest BCUT2D eigenvalue weighted by Gasteiger charge is -2.10. The molecule has 86 valence electrons. The summed E-state index contributed by atoms with van der Waals surface area (Å²) in [7, 11) is 0. The minimum atomic E-state index is 0.619. The number of carbonyl (C=O) groups is 1. The smallest absolute Gasteiger partial charge is 0.150 e. The van der Waals surface area contributed by atoms with Crippen LogP contribution in [0.4, 0.5) is 0 Å². The molecular weight excluding hydrogens is 234 g/mol. The standard InChI is InChI=1S/C14H12ClNO/c1-9-6-13(10(2)5-11(9)8-17)12-3-4-16-7-14(12)15/h3-8H,1-2H3. The van der Waals surface area contributed by atoms with Crippen molar-refractivity contribution in [1.29, 1.82) is 0 Å². The first-order valence-corrected chi connectivity index (χ1v) is 5.67. The van der Waals surface area contributed by atoms with E-state index in [4.69, 9.17) is 11.6 Å². The van der Waals surface area contributed by atoms with Gasteiger partial charge in [0.25, 0.3) is 0 Å². The highest BCUT2D eigenvalue weighted by molar-refractivity contribution is 6.33. The maximum absolute atomic E-state index is 10.9. The zero-order valence-corrected chi connectivity index (χ0v) is 10.5. The van der Waals surface area contributed by atoms with E-state index in [9.17, 15) is 4.79 Å². The molecule has 1 aromatic carbocycles. The molecule has 0 aliphatic heterocycles. The second-order valence-corrected chi connectivity index (χ2v) is 4.40. The van der Waals surface area contributed by atoms with E-state index in [0.29, 0.717) is 5.02 Å². The number of rotatable bonds is 2. The molecule has 0 aliphatic rings. The average molecular weight is 246 g/mol. The lowest BCUT2D eigenvalue weighted by molar-refractivity contribution is 0.112. The molecule has 17 heavy (non-hydrogen) atoms. The largest absolute Gasteiger partial charge is 0.298 e. The second kappa shape index (κ2) is 4.68. The number of hydrogen-bond acceptors (Lipinski definition) is 2. The van der Waals surface area contributed by atoms with E-state index in [1.807, 2.05) is 32.0 Å². The van der Waals surface area contributed by atoms with Gasteiger partial charge in [0.2, 0.25) is 0 Å². The van der Waals surface area contributed by atoms with Crippen molar-refractivity contribution < 1.29 is 4.79 Å². The molecular formula is C14H12ClNO. The summed E-state index contributed by atoms with van der Waals surface area (Å²) in [6, 6.07) is 5.75. The van der Waals surface area contributed by atoms with Crippen molar-refractivity contribution in [2.45, 2.75) is 13.8 Å². The highest BCUT2D eigenvalue weighted by Gasteiger charge is 2.09.